The molecule has 0 amide bonds. The Balaban J connectivity index is 1.54. The van der Waals surface area contributed by atoms with Crippen molar-refractivity contribution in [3.8, 4) is 0 Å². The highest BCUT2D eigenvalue weighted by atomic mass is 16.5. The number of hydrogen-bond acceptors (Lipinski definition) is 3. The first-order valence-corrected chi connectivity index (χ1v) is 9.03. The number of rotatable bonds is 6. The predicted molar refractivity (Wildman–Crippen MR) is 92.8 cm³/mol. The van der Waals surface area contributed by atoms with Crippen molar-refractivity contribution < 1.29 is 4.74 Å². The SMILES string of the molecule is CCCN1CCCc2cc(CCCN3CCOCC3)ccc21. The monoisotopic (exact) mass is 302 g/mol. The molecule has 0 aliphatic carbocycles. The Bertz CT molecular complexity index is 469. The molecule has 122 valence electrons. The van der Waals surface area contributed by atoms with E-state index in [0.717, 1.165) is 26.3 Å². The third kappa shape index (κ3) is 4.02. The highest BCUT2D eigenvalue weighted by Gasteiger charge is 2.16. The molecule has 0 radical (unpaired) electrons. The molecule has 0 unspecified atom stereocenters. The van der Waals surface area contributed by atoms with Gasteiger partial charge >= 0.3 is 0 Å². The van der Waals surface area contributed by atoms with Crippen LogP contribution in [0.4, 0.5) is 5.69 Å². The van der Waals surface area contributed by atoms with Gasteiger partial charge in [0.2, 0.25) is 0 Å². The van der Waals surface area contributed by atoms with Gasteiger partial charge < -0.3 is 9.64 Å². The highest BCUT2D eigenvalue weighted by molar-refractivity contribution is 5.56. The van der Waals surface area contributed by atoms with Crippen molar-refractivity contribution >= 4 is 5.69 Å². The van der Waals surface area contributed by atoms with Gasteiger partial charge in [-0.1, -0.05) is 19.1 Å². The lowest BCUT2D eigenvalue weighted by Gasteiger charge is -2.31. The molecule has 3 heteroatoms. The van der Waals surface area contributed by atoms with Gasteiger partial charge in [0.1, 0.15) is 0 Å². The van der Waals surface area contributed by atoms with Crippen LogP contribution in [0.3, 0.4) is 0 Å². The van der Waals surface area contributed by atoms with E-state index in [1.807, 2.05) is 0 Å². The molecule has 0 atom stereocenters. The van der Waals surface area contributed by atoms with Crippen LogP contribution in [0.25, 0.3) is 0 Å². The third-order valence-electron chi connectivity index (χ3n) is 4.90. The summed E-state index contributed by atoms with van der Waals surface area (Å²) in [4.78, 5) is 5.10. The zero-order valence-electron chi connectivity index (χ0n) is 14.0. The molecule has 1 saturated heterocycles. The van der Waals surface area contributed by atoms with E-state index in [1.54, 1.807) is 5.56 Å². The normalized spacial score (nSPS) is 19.2. The zero-order chi connectivity index (χ0) is 15.2. The fourth-order valence-electron chi connectivity index (χ4n) is 3.72. The summed E-state index contributed by atoms with van der Waals surface area (Å²) in [6.07, 6.45) is 6.27. The fourth-order valence-corrected chi connectivity index (χ4v) is 3.72. The van der Waals surface area contributed by atoms with Crippen LogP contribution in [0.15, 0.2) is 18.2 Å². The Morgan fingerprint density at radius 3 is 2.77 bits per heavy atom. The summed E-state index contributed by atoms with van der Waals surface area (Å²) >= 11 is 0. The Morgan fingerprint density at radius 1 is 1.09 bits per heavy atom. The fraction of sp³-hybridized carbons (Fsp3) is 0.684. The minimum atomic E-state index is 0.909. The van der Waals surface area contributed by atoms with E-state index >= 15 is 0 Å². The van der Waals surface area contributed by atoms with Crippen LogP contribution in [0, 0.1) is 0 Å². The Labute approximate surface area is 135 Å². The zero-order valence-corrected chi connectivity index (χ0v) is 14.0. The summed E-state index contributed by atoms with van der Waals surface area (Å²) < 4.78 is 5.41. The van der Waals surface area contributed by atoms with E-state index in [4.69, 9.17) is 4.74 Å². The molecular weight excluding hydrogens is 272 g/mol. The largest absolute Gasteiger partial charge is 0.379 e. The van der Waals surface area contributed by atoms with Crippen LogP contribution in [0.2, 0.25) is 0 Å². The molecule has 22 heavy (non-hydrogen) atoms. The number of anilines is 1. The summed E-state index contributed by atoms with van der Waals surface area (Å²) in [6.45, 7) is 9.95. The second-order valence-corrected chi connectivity index (χ2v) is 6.61. The number of nitrogens with zero attached hydrogens (tertiary/aromatic N) is 2. The molecule has 2 heterocycles. The quantitative estimate of drug-likeness (QED) is 0.803. The molecule has 0 aromatic heterocycles. The molecule has 3 rings (SSSR count). The van der Waals surface area contributed by atoms with Gasteiger partial charge in [0, 0.05) is 31.9 Å². The topological polar surface area (TPSA) is 15.7 Å². The molecule has 2 aliphatic heterocycles. The number of aryl methyl sites for hydroxylation is 2. The maximum atomic E-state index is 5.41. The van der Waals surface area contributed by atoms with Crippen molar-refractivity contribution in [2.45, 2.75) is 39.0 Å². The molecule has 0 spiro atoms. The Hall–Kier alpha value is -1.06. The second kappa shape index (κ2) is 7.98. The Morgan fingerprint density at radius 2 is 1.95 bits per heavy atom. The average molecular weight is 302 g/mol. The molecule has 1 fully saturated rings. The summed E-state index contributed by atoms with van der Waals surface area (Å²) in [5, 5.41) is 0. The molecule has 0 bridgehead atoms. The molecule has 0 N–H and O–H groups in total. The molecular formula is C19H30N2O. The van der Waals surface area contributed by atoms with Gasteiger partial charge in [0.15, 0.2) is 0 Å². The first-order valence-electron chi connectivity index (χ1n) is 9.03. The minimum absolute atomic E-state index is 0.909. The molecule has 2 aliphatic rings. The van der Waals surface area contributed by atoms with Gasteiger partial charge in [0.05, 0.1) is 13.2 Å². The first-order chi connectivity index (χ1) is 10.9. The lowest BCUT2D eigenvalue weighted by Crippen LogP contribution is -2.36. The molecule has 3 nitrogen and oxygen atoms in total. The van der Waals surface area contributed by atoms with Gasteiger partial charge in [-0.05, 0) is 55.8 Å². The van der Waals surface area contributed by atoms with E-state index in [0.29, 0.717) is 0 Å². The van der Waals surface area contributed by atoms with Crippen molar-refractivity contribution in [1.29, 1.82) is 0 Å². The van der Waals surface area contributed by atoms with Gasteiger partial charge in [-0.3, -0.25) is 4.90 Å². The van der Waals surface area contributed by atoms with Gasteiger partial charge in [-0.25, -0.2) is 0 Å². The number of fused-ring (bicyclic) bond motifs is 1. The van der Waals surface area contributed by atoms with E-state index in [-0.39, 0.29) is 0 Å². The van der Waals surface area contributed by atoms with E-state index in [2.05, 4.69) is 34.9 Å². The Kier molecular flexibility index (Phi) is 5.74. The van der Waals surface area contributed by atoms with Gasteiger partial charge in [0.25, 0.3) is 0 Å². The lowest BCUT2D eigenvalue weighted by atomic mass is 9.97. The van der Waals surface area contributed by atoms with Crippen LogP contribution in [-0.4, -0.2) is 50.8 Å². The molecule has 1 aromatic rings. The first kappa shape index (κ1) is 15.8. The maximum Gasteiger partial charge on any atom is 0.0594 e. The maximum absolute atomic E-state index is 5.41. The van der Waals surface area contributed by atoms with Crippen molar-refractivity contribution in [3.63, 3.8) is 0 Å². The minimum Gasteiger partial charge on any atom is -0.379 e. The molecule has 0 saturated carbocycles. The predicted octanol–water partition coefficient (Wildman–Crippen LogP) is 3.11. The smallest absolute Gasteiger partial charge is 0.0594 e. The van der Waals surface area contributed by atoms with Crippen molar-refractivity contribution in [1.82, 2.24) is 4.90 Å². The summed E-state index contributed by atoms with van der Waals surface area (Å²) in [5.74, 6) is 0. The number of hydrogen-bond donors (Lipinski definition) is 0. The van der Waals surface area contributed by atoms with E-state index < -0.39 is 0 Å². The van der Waals surface area contributed by atoms with Crippen LogP contribution >= 0.6 is 0 Å². The summed E-state index contributed by atoms with van der Waals surface area (Å²) in [7, 11) is 0. The van der Waals surface area contributed by atoms with Gasteiger partial charge in [-0.2, -0.15) is 0 Å². The third-order valence-corrected chi connectivity index (χ3v) is 4.90. The van der Waals surface area contributed by atoms with Crippen molar-refractivity contribution in [2.24, 2.45) is 0 Å². The van der Waals surface area contributed by atoms with Crippen LogP contribution in [0.1, 0.15) is 37.3 Å². The van der Waals surface area contributed by atoms with E-state index in [1.165, 1.54) is 63.0 Å². The van der Waals surface area contributed by atoms with Crippen molar-refractivity contribution in [3.05, 3.63) is 29.3 Å². The summed E-state index contributed by atoms with van der Waals surface area (Å²) in [6, 6.07) is 7.19. The average Bonchev–Trinajstić information content (AvgIpc) is 2.56. The van der Waals surface area contributed by atoms with Crippen LogP contribution in [0.5, 0.6) is 0 Å². The highest BCUT2D eigenvalue weighted by Crippen LogP contribution is 2.28. The van der Waals surface area contributed by atoms with Crippen LogP contribution < -0.4 is 4.90 Å². The summed E-state index contributed by atoms with van der Waals surface area (Å²) in [5.41, 5.74) is 4.58. The van der Waals surface area contributed by atoms with Gasteiger partial charge in [-0.15, -0.1) is 0 Å². The number of morpholine rings is 1. The molecule has 1 aromatic carbocycles. The second-order valence-electron chi connectivity index (χ2n) is 6.61. The van der Waals surface area contributed by atoms with Crippen molar-refractivity contribution in [2.75, 3.05) is 50.8 Å². The number of benzene rings is 1. The van der Waals surface area contributed by atoms with Crippen LogP contribution in [-0.2, 0) is 17.6 Å². The lowest BCUT2D eigenvalue weighted by molar-refractivity contribution is 0.0375. The van der Waals surface area contributed by atoms with E-state index in [9.17, 15) is 0 Å². The number of ether oxygens (including phenoxy) is 1. The standard InChI is InChI=1S/C19H30N2O/c1-2-9-21-11-4-6-18-16-17(7-8-19(18)21)5-3-10-20-12-14-22-15-13-20/h7-8,16H,2-6,9-15H2,1H3.